The standard InChI is InChI=1S/C23H20N2O3/c26-22(24-19-13-14-19)16-9-11-18(12-10-16)25-23(27)17-5-4-8-21(15-17)28-20-6-2-1-3-7-20/h1-12,15,19H,13-14H2,(H,24,26)(H,25,27). The predicted octanol–water partition coefficient (Wildman–Crippen LogP) is 4.62. The maximum absolute atomic E-state index is 12.5. The van der Waals surface area contributed by atoms with Crippen LogP contribution in [-0.4, -0.2) is 17.9 Å². The summed E-state index contributed by atoms with van der Waals surface area (Å²) in [6.07, 6.45) is 2.10. The number of amides is 2. The average Bonchev–Trinajstić information content (AvgIpc) is 3.53. The number of hydrogen-bond acceptors (Lipinski definition) is 3. The smallest absolute Gasteiger partial charge is 0.255 e. The van der Waals surface area contributed by atoms with E-state index >= 15 is 0 Å². The third-order valence-corrected chi connectivity index (χ3v) is 4.39. The molecule has 0 atom stereocenters. The summed E-state index contributed by atoms with van der Waals surface area (Å²) in [7, 11) is 0. The lowest BCUT2D eigenvalue weighted by Crippen LogP contribution is -2.25. The van der Waals surface area contributed by atoms with Crippen LogP contribution < -0.4 is 15.4 Å². The fourth-order valence-electron chi connectivity index (χ4n) is 2.73. The molecule has 3 aromatic rings. The van der Waals surface area contributed by atoms with Crippen molar-refractivity contribution in [3.63, 3.8) is 0 Å². The number of benzene rings is 3. The fourth-order valence-corrected chi connectivity index (χ4v) is 2.73. The zero-order valence-corrected chi connectivity index (χ0v) is 15.2. The molecule has 0 bridgehead atoms. The first-order chi connectivity index (χ1) is 13.7. The van der Waals surface area contributed by atoms with Crippen LogP contribution in [0, 0.1) is 0 Å². The molecule has 0 saturated heterocycles. The molecule has 0 unspecified atom stereocenters. The molecular weight excluding hydrogens is 352 g/mol. The van der Waals surface area contributed by atoms with Gasteiger partial charge in [0.2, 0.25) is 0 Å². The lowest BCUT2D eigenvalue weighted by Gasteiger charge is -2.09. The van der Waals surface area contributed by atoms with E-state index in [4.69, 9.17) is 4.74 Å². The molecular formula is C23H20N2O3. The van der Waals surface area contributed by atoms with Crippen LogP contribution in [0.25, 0.3) is 0 Å². The Hall–Kier alpha value is -3.60. The van der Waals surface area contributed by atoms with Crippen LogP contribution >= 0.6 is 0 Å². The van der Waals surface area contributed by atoms with Crippen LogP contribution in [0.5, 0.6) is 11.5 Å². The van der Waals surface area contributed by atoms with Crippen molar-refractivity contribution < 1.29 is 14.3 Å². The largest absolute Gasteiger partial charge is 0.457 e. The summed E-state index contributed by atoms with van der Waals surface area (Å²) in [5.41, 5.74) is 1.70. The van der Waals surface area contributed by atoms with Crippen LogP contribution in [-0.2, 0) is 0 Å². The SMILES string of the molecule is O=C(Nc1ccc(C(=O)NC2CC2)cc1)c1cccc(Oc2ccccc2)c1. The number of ether oxygens (including phenoxy) is 1. The van der Waals surface area contributed by atoms with Gasteiger partial charge in [0, 0.05) is 22.9 Å². The van der Waals surface area contributed by atoms with Gasteiger partial charge in [0.25, 0.3) is 11.8 Å². The van der Waals surface area contributed by atoms with Crippen LogP contribution in [0.15, 0.2) is 78.9 Å². The second kappa shape index (κ2) is 7.96. The molecule has 5 nitrogen and oxygen atoms in total. The van der Waals surface area contributed by atoms with Gasteiger partial charge < -0.3 is 15.4 Å². The van der Waals surface area contributed by atoms with Crippen LogP contribution in [0.1, 0.15) is 33.6 Å². The Morgan fingerprint density at radius 3 is 2.18 bits per heavy atom. The Labute approximate surface area is 163 Å². The van der Waals surface area contributed by atoms with Crippen molar-refractivity contribution in [3.8, 4) is 11.5 Å². The Bertz CT molecular complexity index is 980. The molecule has 28 heavy (non-hydrogen) atoms. The molecule has 2 N–H and O–H groups in total. The maximum Gasteiger partial charge on any atom is 0.255 e. The number of para-hydroxylation sites is 1. The van der Waals surface area contributed by atoms with Crippen molar-refractivity contribution in [2.75, 3.05) is 5.32 Å². The average molecular weight is 372 g/mol. The molecule has 0 spiro atoms. The van der Waals surface area contributed by atoms with E-state index in [1.54, 1.807) is 48.5 Å². The Morgan fingerprint density at radius 1 is 0.750 bits per heavy atom. The van der Waals surface area contributed by atoms with Gasteiger partial charge in [-0.2, -0.15) is 0 Å². The molecule has 0 aliphatic heterocycles. The minimum Gasteiger partial charge on any atom is -0.457 e. The summed E-state index contributed by atoms with van der Waals surface area (Å²) in [4.78, 5) is 24.6. The molecule has 0 heterocycles. The zero-order valence-electron chi connectivity index (χ0n) is 15.2. The van der Waals surface area contributed by atoms with Gasteiger partial charge in [0.05, 0.1) is 0 Å². The van der Waals surface area contributed by atoms with E-state index in [9.17, 15) is 9.59 Å². The Kier molecular flexibility index (Phi) is 5.06. The van der Waals surface area contributed by atoms with Crippen molar-refractivity contribution in [1.29, 1.82) is 0 Å². The normalized spacial score (nSPS) is 12.9. The third kappa shape index (κ3) is 4.57. The van der Waals surface area contributed by atoms with Gasteiger partial charge in [-0.15, -0.1) is 0 Å². The highest BCUT2D eigenvalue weighted by Crippen LogP contribution is 2.23. The first-order valence-electron chi connectivity index (χ1n) is 9.23. The molecule has 2 amide bonds. The summed E-state index contributed by atoms with van der Waals surface area (Å²) in [6, 6.07) is 23.6. The summed E-state index contributed by atoms with van der Waals surface area (Å²) < 4.78 is 5.77. The Balaban J connectivity index is 1.40. The van der Waals surface area contributed by atoms with Gasteiger partial charge in [-0.1, -0.05) is 24.3 Å². The zero-order chi connectivity index (χ0) is 19.3. The van der Waals surface area contributed by atoms with E-state index in [1.165, 1.54) is 0 Å². The van der Waals surface area contributed by atoms with Crippen molar-refractivity contribution in [2.45, 2.75) is 18.9 Å². The number of rotatable bonds is 6. The summed E-state index contributed by atoms with van der Waals surface area (Å²) in [5, 5.41) is 5.78. The highest BCUT2D eigenvalue weighted by molar-refractivity contribution is 6.04. The lowest BCUT2D eigenvalue weighted by atomic mass is 10.1. The number of carbonyl (C=O) groups is 2. The minimum absolute atomic E-state index is 0.0776. The highest BCUT2D eigenvalue weighted by atomic mass is 16.5. The van der Waals surface area contributed by atoms with Crippen LogP contribution in [0.2, 0.25) is 0 Å². The molecule has 1 aliphatic carbocycles. The topological polar surface area (TPSA) is 67.4 Å². The third-order valence-electron chi connectivity index (χ3n) is 4.39. The summed E-state index contributed by atoms with van der Waals surface area (Å²) in [5.74, 6) is 0.978. The van der Waals surface area contributed by atoms with Gasteiger partial charge in [-0.05, 0) is 67.4 Å². The molecule has 1 aliphatic rings. The van der Waals surface area contributed by atoms with Gasteiger partial charge in [0.1, 0.15) is 11.5 Å². The molecule has 3 aromatic carbocycles. The van der Waals surface area contributed by atoms with E-state index in [0.29, 0.717) is 34.4 Å². The number of hydrogen-bond donors (Lipinski definition) is 2. The van der Waals surface area contributed by atoms with Crippen molar-refractivity contribution >= 4 is 17.5 Å². The van der Waals surface area contributed by atoms with Crippen molar-refractivity contribution in [3.05, 3.63) is 90.0 Å². The van der Waals surface area contributed by atoms with Gasteiger partial charge >= 0.3 is 0 Å². The van der Waals surface area contributed by atoms with E-state index < -0.39 is 0 Å². The van der Waals surface area contributed by atoms with E-state index in [0.717, 1.165) is 12.8 Å². The first kappa shape index (κ1) is 17.8. The monoisotopic (exact) mass is 372 g/mol. The fraction of sp³-hybridized carbons (Fsp3) is 0.130. The minimum atomic E-state index is -0.242. The summed E-state index contributed by atoms with van der Waals surface area (Å²) in [6.45, 7) is 0. The molecule has 0 aromatic heterocycles. The van der Waals surface area contributed by atoms with E-state index in [1.807, 2.05) is 30.3 Å². The highest BCUT2D eigenvalue weighted by Gasteiger charge is 2.23. The van der Waals surface area contributed by atoms with E-state index in [2.05, 4.69) is 10.6 Å². The van der Waals surface area contributed by atoms with Gasteiger partial charge in [0.15, 0.2) is 0 Å². The second-order valence-electron chi connectivity index (χ2n) is 6.72. The van der Waals surface area contributed by atoms with Gasteiger partial charge in [-0.25, -0.2) is 0 Å². The maximum atomic E-state index is 12.5. The molecule has 1 fully saturated rings. The molecule has 5 heteroatoms. The van der Waals surface area contributed by atoms with Crippen molar-refractivity contribution in [2.24, 2.45) is 0 Å². The first-order valence-corrected chi connectivity index (χ1v) is 9.23. The number of carbonyl (C=O) groups excluding carboxylic acids is 2. The Morgan fingerprint density at radius 2 is 1.46 bits per heavy atom. The predicted molar refractivity (Wildman–Crippen MR) is 108 cm³/mol. The summed E-state index contributed by atoms with van der Waals surface area (Å²) >= 11 is 0. The quantitative estimate of drug-likeness (QED) is 0.663. The van der Waals surface area contributed by atoms with Crippen LogP contribution in [0.4, 0.5) is 5.69 Å². The number of anilines is 1. The van der Waals surface area contributed by atoms with Crippen LogP contribution in [0.3, 0.4) is 0 Å². The van der Waals surface area contributed by atoms with Crippen molar-refractivity contribution in [1.82, 2.24) is 5.32 Å². The lowest BCUT2D eigenvalue weighted by molar-refractivity contribution is 0.0950. The molecule has 140 valence electrons. The number of nitrogens with one attached hydrogen (secondary N) is 2. The van der Waals surface area contributed by atoms with E-state index in [-0.39, 0.29) is 11.8 Å². The molecule has 0 radical (unpaired) electrons. The molecule has 1 saturated carbocycles. The molecule has 4 rings (SSSR count). The van der Waals surface area contributed by atoms with Gasteiger partial charge in [-0.3, -0.25) is 9.59 Å². The second-order valence-corrected chi connectivity index (χ2v) is 6.72.